The molecule has 1 fully saturated rings. The van der Waals surface area contributed by atoms with Crippen LogP contribution in [0.3, 0.4) is 0 Å². The first kappa shape index (κ1) is 13.5. The summed E-state index contributed by atoms with van der Waals surface area (Å²) >= 11 is 0. The lowest BCUT2D eigenvalue weighted by atomic mass is 9.70. The smallest absolute Gasteiger partial charge is 0.248 e. The molecule has 0 bridgehead atoms. The molecule has 0 saturated heterocycles. The lowest BCUT2D eigenvalue weighted by Gasteiger charge is -2.37. The standard InChI is InChI=1S/C13H25NO2/c1-5-10(6-2)7-11-8-12(9-11)13(15)14(3)16-4/h10-12H,5-9H2,1-4H3. The van der Waals surface area contributed by atoms with Gasteiger partial charge in [-0.1, -0.05) is 26.7 Å². The van der Waals surface area contributed by atoms with Gasteiger partial charge in [-0.2, -0.15) is 0 Å². The molecule has 0 atom stereocenters. The Morgan fingerprint density at radius 1 is 1.38 bits per heavy atom. The van der Waals surface area contributed by atoms with E-state index >= 15 is 0 Å². The van der Waals surface area contributed by atoms with E-state index in [0.29, 0.717) is 0 Å². The molecule has 3 heteroatoms. The Morgan fingerprint density at radius 3 is 2.38 bits per heavy atom. The van der Waals surface area contributed by atoms with Gasteiger partial charge < -0.3 is 0 Å². The Labute approximate surface area is 99.1 Å². The molecule has 16 heavy (non-hydrogen) atoms. The number of rotatable bonds is 6. The second kappa shape index (κ2) is 6.24. The van der Waals surface area contributed by atoms with Crippen LogP contribution in [0.2, 0.25) is 0 Å². The van der Waals surface area contributed by atoms with E-state index in [1.165, 1.54) is 31.4 Å². The maximum atomic E-state index is 11.7. The van der Waals surface area contributed by atoms with E-state index in [9.17, 15) is 4.79 Å². The van der Waals surface area contributed by atoms with Crippen LogP contribution in [0.25, 0.3) is 0 Å². The molecule has 0 aliphatic heterocycles. The molecule has 0 spiro atoms. The highest BCUT2D eigenvalue weighted by Gasteiger charge is 2.36. The van der Waals surface area contributed by atoms with Gasteiger partial charge in [-0.15, -0.1) is 0 Å². The quantitative estimate of drug-likeness (QED) is 0.653. The molecular formula is C13H25NO2. The zero-order valence-corrected chi connectivity index (χ0v) is 11.0. The number of nitrogens with zero attached hydrogens (tertiary/aromatic N) is 1. The molecule has 0 unspecified atom stereocenters. The first-order valence-corrected chi connectivity index (χ1v) is 6.43. The number of carbonyl (C=O) groups excluding carboxylic acids is 1. The van der Waals surface area contributed by atoms with Crippen molar-refractivity contribution in [3.63, 3.8) is 0 Å². The molecule has 94 valence electrons. The SMILES string of the molecule is CCC(CC)CC1CC(C(=O)N(C)OC)C1. The van der Waals surface area contributed by atoms with Crippen LogP contribution >= 0.6 is 0 Å². The third-order valence-electron chi connectivity index (χ3n) is 3.99. The average Bonchev–Trinajstić information content (AvgIpc) is 2.26. The predicted octanol–water partition coefficient (Wildman–Crippen LogP) is 2.86. The fourth-order valence-electron chi connectivity index (χ4n) is 2.57. The first-order chi connectivity index (χ1) is 7.62. The fraction of sp³-hybridized carbons (Fsp3) is 0.923. The molecule has 0 heterocycles. The van der Waals surface area contributed by atoms with Crippen LogP contribution in [0.15, 0.2) is 0 Å². The van der Waals surface area contributed by atoms with Gasteiger partial charge in [0.2, 0.25) is 5.91 Å². The van der Waals surface area contributed by atoms with E-state index < -0.39 is 0 Å². The van der Waals surface area contributed by atoms with E-state index in [1.807, 2.05) is 0 Å². The predicted molar refractivity (Wildman–Crippen MR) is 64.7 cm³/mol. The summed E-state index contributed by atoms with van der Waals surface area (Å²) in [6.07, 6.45) is 5.95. The topological polar surface area (TPSA) is 29.5 Å². The van der Waals surface area contributed by atoms with Crippen molar-refractivity contribution in [3.8, 4) is 0 Å². The van der Waals surface area contributed by atoms with Crippen molar-refractivity contribution in [2.75, 3.05) is 14.2 Å². The summed E-state index contributed by atoms with van der Waals surface area (Å²) < 4.78 is 0. The zero-order valence-electron chi connectivity index (χ0n) is 11.0. The van der Waals surface area contributed by atoms with Gasteiger partial charge in [-0.3, -0.25) is 9.63 Å². The van der Waals surface area contributed by atoms with Crippen molar-refractivity contribution >= 4 is 5.91 Å². The van der Waals surface area contributed by atoms with Crippen LogP contribution in [0, 0.1) is 17.8 Å². The molecule has 1 saturated carbocycles. The second-order valence-electron chi connectivity index (χ2n) is 4.97. The summed E-state index contributed by atoms with van der Waals surface area (Å²) in [4.78, 5) is 16.6. The van der Waals surface area contributed by atoms with Gasteiger partial charge in [-0.05, 0) is 31.1 Å². The molecule has 1 aliphatic rings. The summed E-state index contributed by atoms with van der Waals surface area (Å²) in [6, 6.07) is 0. The Bertz CT molecular complexity index is 220. The van der Waals surface area contributed by atoms with Crippen molar-refractivity contribution in [2.24, 2.45) is 17.8 Å². The molecule has 0 aromatic heterocycles. The zero-order chi connectivity index (χ0) is 12.1. The number of carbonyl (C=O) groups is 1. The highest BCUT2D eigenvalue weighted by Crippen LogP contribution is 2.40. The minimum Gasteiger partial charge on any atom is -0.275 e. The van der Waals surface area contributed by atoms with E-state index in [-0.39, 0.29) is 11.8 Å². The first-order valence-electron chi connectivity index (χ1n) is 6.43. The third-order valence-corrected chi connectivity index (χ3v) is 3.99. The monoisotopic (exact) mass is 227 g/mol. The number of hydrogen-bond acceptors (Lipinski definition) is 2. The van der Waals surface area contributed by atoms with Crippen molar-refractivity contribution in [1.29, 1.82) is 0 Å². The molecule has 0 N–H and O–H groups in total. The maximum absolute atomic E-state index is 11.7. The largest absolute Gasteiger partial charge is 0.275 e. The summed E-state index contributed by atoms with van der Waals surface area (Å²) in [5, 5.41) is 1.36. The molecule has 1 amide bonds. The molecule has 1 aliphatic carbocycles. The van der Waals surface area contributed by atoms with Crippen LogP contribution in [0.1, 0.15) is 46.0 Å². The molecule has 3 nitrogen and oxygen atoms in total. The van der Waals surface area contributed by atoms with Crippen LogP contribution in [0.4, 0.5) is 0 Å². The average molecular weight is 227 g/mol. The molecule has 0 aromatic carbocycles. The van der Waals surface area contributed by atoms with Gasteiger partial charge in [0.15, 0.2) is 0 Å². The normalized spacial score (nSPS) is 24.3. The Hall–Kier alpha value is -0.570. The highest BCUT2D eigenvalue weighted by molar-refractivity contribution is 5.78. The Kier molecular flexibility index (Phi) is 5.26. The Balaban J connectivity index is 2.24. The number of hydrogen-bond donors (Lipinski definition) is 0. The maximum Gasteiger partial charge on any atom is 0.248 e. The summed E-state index contributed by atoms with van der Waals surface area (Å²) in [5.74, 6) is 1.97. The molecule has 0 aromatic rings. The number of hydroxylamine groups is 2. The second-order valence-corrected chi connectivity index (χ2v) is 4.97. The van der Waals surface area contributed by atoms with Gasteiger partial charge in [0.1, 0.15) is 0 Å². The lowest BCUT2D eigenvalue weighted by Crippen LogP contribution is -2.39. The van der Waals surface area contributed by atoms with Gasteiger partial charge >= 0.3 is 0 Å². The lowest BCUT2D eigenvalue weighted by molar-refractivity contribution is -0.178. The van der Waals surface area contributed by atoms with E-state index in [0.717, 1.165) is 24.7 Å². The van der Waals surface area contributed by atoms with E-state index in [2.05, 4.69) is 13.8 Å². The van der Waals surface area contributed by atoms with Crippen molar-refractivity contribution in [1.82, 2.24) is 5.06 Å². The van der Waals surface area contributed by atoms with Gasteiger partial charge in [0, 0.05) is 13.0 Å². The van der Waals surface area contributed by atoms with Gasteiger partial charge in [0.05, 0.1) is 7.11 Å². The van der Waals surface area contributed by atoms with Crippen LogP contribution < -0.4 is 0 Å². The highest BCUT2D eigenvalue weighted by atomic mass is 16.7. The summed E-state index contributed by atoms with van der Waals surface area (Å²) in [7, 11) is 3.23. The molecular weight excluding hydrogens is 202 g/mol. The summed E-state index contributed by atoms with van der Waals surface area (Å²) in [5.41, 5.74) is 0. The fourth-order valence-corrected chi connectivity index (χ4v) is 2.57. The molecule has 0 radical (unpaired) electrons. The van der Waals surface area contributed by atoms with Crippen molar-refractivity contribution in [2.45, 2.75) is 46.0 Å². The van der Waals surface area contributed by atoms with Crippen molar-refractivity contribution < 1.29 is 9.63 Å². The van der Waals surface area contributed by atoms with Crippen molar-refractivity contribution in [3.05, 3.63) is 0 Å². The van der Waals surface area contributed by atoms with Crippen LogP contribution in [-0.4, -0.2) is 25.1 Å². The van der Waals surface area contributed by atoms with E-state index in [4.69, 9.17) is 4.84 Å². The van der Waals surface area contributed by atoms with Crippen LogP contribution in [-0.2, 0) is 9.63 Å². The van der Waals surface area contributed by atoms with Crippen LogP contribution in [0.5, 0.6) is 0 Å². The number of amides is 1. The van der Waals surface area contributed by atoms with E-state index in [1.54, 1.807) is 7.05 Å². The minimum absolute atomic E-state index is 0.142. The van der Waals surface area contributed by atoms with Gasteiger partial charge in [-0.25, -0.2) is 5.06 Å². The summed E-state index contributed by atoms with van der Waals surface area (Å²) in [6.45, 7) is 4.52. The minimum atomic E-state index is 0.142. The van der Waals surface area contributed by atoms with Gasteiger partial charge in [0.25, 0.3) is 0 Å². The Morgan fingerprint density at radius 2 is 1.94 bits per heavy atom. The third kappa shape index (κ3) is 3.21. The molecule has 1 rings (SSSR count).